The van der Waals surface area contributed by atoms with Gasteiger partial charge >= 0.3 is 0 Å². The summed E-state index contributed by atoms with van der Waals surface area (Å²) < 4.78 is 2.30. The summed E-state index contributed by atoms with van der Waals surface area (Å²) in [4.78, 5) is 10.6. The molecule has 8 aromatic carbocycles. The first-order valence-electron chi connectivity index (χ1n) is 20.0. The van der Waals surface area contributed by atoms with E-state index in [2.05, 4.69) is 204 Å². The maximum Gasteiger partial charge on any atom is 0.235 e. The molecule has 274 valence electrons. The van der Waals surface area contributed by atoms with E-state index >= 15 is 0 Å². The lowest BCUT2D eigenvalue weighted by Gasteiger charge is -2.15. The Bertz CT molecular complexity index is 3190. The Kier molecular flexibility index (Phi) is 8.25. The van der Waals surface area contributed by atoms with Crippen LogP contribution in [0.2, 0.25) is 0 Å². The van der Waals surface area contributed by atoms with Gasteiger partial charge in [0.2, 0.25) is 5.95 Å². The van der Waals surface area contributed by atoms with Gasteiger partial charge in [-0.1, -0.05) is 152 Å². The number of rotatable bonds is 7. The Morgan fingerprint density at radius 1 is 0.483 bits per heavy atom. The average Bonchev–Trinajstić information content (AvgIpc) is 3.63. The van der Waals surface area contributed by atoms with E-state index in [9.17, 15) is 0 Å². The average molecular weight is 743 g/mol. The van der Waals surface area contributed by atoms with Gasteiger partial charge in [0.1, 0.15) is 0 Å². The van der Waals surface area contributed by atoms with Crippen LogP contribution in [0.25, 0.3) is 89.2 Å². The van der Waals surface area contributed by atoms with Crippen LogP contribution in [0.1, 0.15) is 17.7 Å². The minimum absolute atomic E-state index is 0.700. The zero-order valence-electron chi connectivity index (χ0n) is 31.8. The second-order valence-electron chi connectivity index (χ2n) is 15.0. The summed E-state index contributed by atoms with van der Waals surface area (Å²) in [5.41, 5.74) is 15.7. The smallest absolute Gasteiger partial charge is 0.235 e. The molecule has 4 heteroatoms. The Morgan fingerprint density at radius 3 is 2.10 bits per heavy atom. The van der Waals surface area contributed by atoms with Crippen molar-refractivity contribution in [3.05, 3.63) is 205 Å². The summed E-state index contributed by atoms with van der Waals surface area (Å²) >= 11 is 0. The van der Waals surface area contributed by atoms with Crippen molar-refractivity contribution in [3.63, 3.8) is 0 Å². The molecule has 0 fully saturated rings. The van der Waals surface area contributed by atoms with Crippen LogP contribution in [0, 0.1) is 0 Å². The molecule has 0 saturated heterocycles. The van der Waals surface area contributed by atoms with Crippen molar-refractivity contribution in [1.82, 2.24) is 14.5 Å². The van der Waals surface area contributed by atoms with Crippen molar-refractivity contribution in [2.45, 2.75) is 12.8 Å². The van der Waals surface area contributed by atoms with Gasteiger partial charge in [0.15, 0.2) is 0 Å². The third kappa shape index (κ3) is 6.03. The van der Waals surface area contributed by atoms with Crippen molar-refractivity contribution >= 4 is 50.0 Å². The fraction of sp³-hybridized carbons (Fsp3) is 0.0370. The lowest BCUT2D eigenvalue weighted by molar-refractivity contribution is 0.852. The second kappa shape index (κ2) is 14.2. The van der Waals surface area contributed by atoms with Crippen molar-refractivity contribution in [1.29, 1.82) is 0 Å². The molecule has 0 aliphatic heterocycles. The van der Waals surface area contributed by atoms with Gasteiger partial charge < -0.3 is 5.32 Å². The van der Waals surface area contributed by atoms with E-state index in [1.807, 2.05) is 6.07 Å². The number of allylic oxidation sites excluding steroid dienone is 1. The zero-order chi connectivity index (χ0) is 38.4. The van der Waals surface area contributed by atoms with E-state index in [1.165, 1.54) is 55.2 Å². The largest absolute Gasteiger partial charge is 0.355 e. The van der Waals surface area contributed by atoms with Crippen LogP contribution in [-0.2, 0) is 6.42 Å². The molecule has 2 heterocycles. The maximum atomic E-state index is 5.40. The molecule has 0 bridgehead atoms. The number of anilines is 2. The maximum absolute atomic E-state index is 5.40. The lowest BCUT2D eigenvalue weighted by atomic mass is 9.96. The standard InChI is InChI=1S/C54H38N4/c1-2-17-44(18-3-1)55-49-22-9-6-19-45(49)43-16-12-15-40(34-43)42-31-32-52-48(35-42)46-20-8-11-24-51(46)58(52)54-56-50-23-10-7-21-47(50)53(57-54)38-28-25-37(26-29-38)41-30-27-36-13-4-5-14-39(36)33-41/h1-10,12-23,25-35,55H,11,24H2. The van der Waals surface area contributed by atoms with Gasteiger partial charge in [0.05, 0.1) is 16.7 Å². The molecular weight excluding hydrogens is 705 g/mol. The first-order valence-corrected chi connectivity index (χ1v) is 20.0. The molecule has 10 aromatic rings. The van der Waals surface area contributed by atoms with Crippen LogP contribution < -0.4 is 5.32 Å². The molecule has 1 aliphatic rings. The van der Waals surface area contributed by atoms with E-state index in [1.54, 1.807) is 0 Å². The third-order valence-electron chi connectivity index (χ3n) is 11.5. The summed E-state index contributed by atoms with van der Waals surface area (Å²) in [6.07, 6.45) is 6.48. The molecule has 0 radical (unpaired) electrons. The Balaban J connectivity index is 0.994. The van der Waals surface area contributed by atoms with Crippen LogP contribution in [0.4, 0.5) is 11.4 Å². The predicted octanol–water partition coefficient (Wildman–Crippen LogP) is 14.1. The van der Waals surface area contributed by atoms with Crippen LogP contribution >= 0.6 is 0 Å². The normalized spacial score (nSPS) is 12.3. The number of benzene rings is 8. The Hall–Kier alpha value is -7.56. The summed E-state index contributed by atoms with van der Waals surface area (Å²) in [6.45, 7) is 0. The van der Waals surface area contributed by atoms with Crippen LogP contribution in [-0.4, -0.2) is 14.5 Å². The van der Waals surface area contributed by atoms with Gasteiger partial charge in [0.25, 0.3) is 0 Å². The van der Waals surface area contributed by atoms with Crippen molar-refractivity contribution < 1.29 is 0 Å². The van der Waals surface area contributed by atoms with Crippen LogP contribution in [0.5, 0.6) is 0 Å². The predicted molar refractivity (Wildman–Crippen MR) is 243 cm³/mol. The van der Waals surface area contributed by atoms with Gasteiger partial charge in [-0.3, -0.25) is 4.57 Å². The topological polar surface area (TPSA) is 42.7 Å². The minimum Gasteiger partial charge on any atom is -0.355 e. The summed E-state index contributed by atoms with van der Waals surface area (Å²) in [5, 5.41) is 8.36. The number of nitrogens with zero attached hydrogens (tertiary/aromatic N) is 3. The molecule has 0 amide bonds. The quantitative estimate of drug-likeness (QED) is 0.177. The highest BCUT2D eigenvalue weighted by molar-refractivity contribution is 5.98. The summed E-state index contributed by atoms with van der Waals surface area (Å²) in [7, 11) is 0. The lowest BCUT2D eigenvalue weighted by Crippen LogP contribution is -2.08. The molecule has 2 aromatic heterocycles. The highest BCUT2D eigenvalue weighted by Gasteiger charge is 2.22. The number of fused-ring (bicyclic) bond motifs is 5. The van der Waals surface area contributed by atoms with Crippen molar-refractivity contribution in [2.24, 2.45) is 0 Å². The van der Waals surface area contributed by atoms with E-state index in [0.717, 1.165) is 57.5 Å². The number of hydrogen-bond acceptors (Lipinski definition) is 3. The van der Waals surface area contributed by atoms with E-state index < -0.39 is 0 Å². The van der Waals surface area contributed by atoms with Crippen molar-refractivity contribution in [2.75, 3.05) is 5.32 Å². The monoisotopic (exact) mass is 742 g/mol. The number of aromatic nitrogens is 3. The van der Waals surface area contributed by atoms with E-state index in [-0.39, 0.29) is 0 Å². The number of hydrogen-bond donors (Lipinski definition) is 1. The molecule has 58 heavy (non-hydrogen) atoms. The first-order chi connectivity index (χ1) is 28.7. The molecule has 4 nitrogen and oxygen atoms in total. The number of nitrogens with one attached hydrogen (secondary N) is 1. The van der Waals surface area contributed by atoms with Gasteiger partial charge in [-0.2, -0.15) is 0 Å². The first kappa shape index (κ1) is 33.8. The summed E-state index contributed by atoms with van der Waals surface area (Å²) in [5.74, 6) is 0.700. The molecule has 11 rings (SSSR count). The molecule has 1 N–H and O–H groups in total. The SMILES string of the molecule is C1=Cc2c(n(-c3nc(-c4ccc(-c5ccc6ccccc6c5)cc4)c4ccccc4n3)c3ccc(-c4cccc(-c5ccccc5Nc5ccccc5)c4)cc23)CC1. The zero-order valence-corrected chi connectivity index (χ0v) is 31.8. The Labute approximate surface area is 337 Å². The highest BCUT2D eigenvalue weighted by atomic mass is 15.2. The van der Waals surface area contributed by atoms with Crippen LogP contribution in [0.15, 0.2) is 194 Å². The fourth-order valence-electron chi connectivity index (χ4n) is 8.59. The molecule has 0 saturated carbocycles. The van der Waals surface area contributed by atoms with Gasteiger partial charge in [-0.15, -0.1) is 0 Å². The minimum atomic E-state index is 0.700. The van der Waals surface area contributed by atoms with Gasteiger partial charge in [-0.25, -0.2) is 9.97 Å². The van der Waals surface area contributed by atoms with Gasteiger partial charge in [-0.05, 0) is 100.0 Å². The molecular formula is C54H38N4. The third-order valence-corrected chi connectivity index (χ3v) is 11.5. The Morgan fingerprint density at radius 2 is 1.19 bits per heavy atom. The van der Waals surface area contributed by atoms with Gasteiger partial charge in [0, 0.05) is 44.5 Å². The highest BCUT2D eigenvalue weighted by Crippen LogP contribution is 2.39. The molecule has 1 aliphatic carbocycles. The summed E-state index contributed by atoms with van der Waals surface area (Å²) in [6, 6.07) is 66.9. The second-order valence-corrected chi connectivity index (χ2v) is 15.0. The number of para-hydroxylation sites is 3. The van der Waals surface area contributed by atoms with E-state index in [4.69, 9.17) is 9.97 Å². The molecule has 0 atom stereocenters. The molecule has 0 spiro atoms. The fourth-order valence-corrected chi connectivity index (χ4v) is 8.59. The van der Waals surface area contributed by atoms with E-state index in [0.29, 0.717) is 5.95 Å². The van der Waals surface area contributed by atoms with Crippen molar-refractivity contribution in [3.8, 4) is 50.6 Å². The van der Waals surface area contributed by atoms with Crippen LogP contribution in [0.3, 0.4) is 0 Å². The molecule has 0 unspecified atom stereocenters.